The number of hydrogen-bond donors (Lipinski definition) is 1. The Balaban J connectivity index is 1.65. The zero-order valence-electron chi connectivity index (χ0n) is 14.8. The highest BCUT2D eigenvalue weighted by Crippen LogP contribution is 2.39. The predicted octanol–water partition coefficient (Wildman–Crippen LogP) is 1.66. The minimum Gasteiger partial charge on any atom is -0.475 e. The van der Waals surface area contributed by atoms with Crippen molar-refractivity contribution in [2.45, 2.75) is 18.9 Å². The van der Waals surface area contributed by atoms with Crippen LogP contribution in [0.4, 0.5) is 10.2 Å². The molecule has 1 fully saturated rings. The van der Waals surface area contributed by atoms with E-state index in [1.165, 1.54) is 16.8 Å². The third-order valence-corrected chi connectivity index (χ3v) is 4.94. The van der Waals surface area contributed by atoms with Crippen LogP contribution in [-0.4, -0.2) is 45.2 Å². The smallest absolute Gasteiger partial charge is 0.280 e. The highest BCUT2D eigenvalue weighted by molar-refractivity contribution is 5.99. The molecular weight excluding hydrogens is 367 g/mol. The van der Waals surface area contributed by atoms with Crippen molar-refractivity contribution in [2.75, 3.05) is 24.7 Å². The Kier molecular flexibility index (Phi) is 4.05. The molecular formula is C18H17FN6O3. The summed E-state index contributed by atoms with van der Waals surface area (Å²) in [5, 5.41) is 4.17. The van der Waals surface area contributed by atoms with Crippen molar-refractivity contribution in [3.63, 3.8) is 0 Å². The molecule has 1 unspecified atom stereocenters. The zero-order valence-corrected chi connectivity index (χ0v) is 14.8. The molecule has 2 aliphatic rings. The first-order valence-electron chi connectivity index (χ1n) is 9.02. The van der Waals surface area contributed by atoms with E-state index in [2.05, 4.69) is 25.4 Å². The Morgan fingerprint density at radius 1 is 1.29 bits per heavy atom. The van der Waals surface area contributed by atoms with Gasteiger partial charge in [-0.2, -0.15) is 5.10 Å². The van der Waals surface area contributed by atoms with E-state index in [0.717, 1.165) is 25.6 Å². The fourth-order valence-corrected chi connectivity index (χ4v) is 3.70. The first-order chi connectivity index (χ1) is 13.7. The highest BCUT2D eigenvalue weighted by Gasteiger charge is 2.31. The van der Waals surface area contributed by atoms with E-state index < -0.39 is 11.7 Å². The number of pyridine rings is 1. The standard InChI is InChI=1S/C18H17FN6O3/c19-11-8-12-14-2-1-4-24(14)15-3-5-25-16(22-15)13(10-21-25)17(26)23-28-7-6-27-18(12)20-9-11/h3,5,8-10,14H,1-2,4,6-7H2,(H,23,26). The van der Waals surface area contributed by atoms with E-state index >= 15 is 0 Å². The zero-order chi connectivity index (χ0) is 19.1. The number of anilines is 1. The average molecular weight is 384 g/mol. The van der Waals surface area contributed by atoms with Crippen LogP contribution < -0.4 is 15.1 Å². The highest BCUT2D eigenvalue weighted by atomic mass is 19.1. The summed E-state index contributed by atoms with van der Waals surface area (Å²) in [5.41, 5.74) is 3.77. The molecule has 2 aliphatic heterocycles. The van der Waals surface area contributed by atoms with Gasteiger partial charge in [0.25, 0.3) is 5.91 Å². The molecule has 1 N–H and O–H groups in total. The number of halogens is 1. The number of nitrogens with one attached hydrogen (secondary N) is 1. The van der Waals surface area contributed by atoms with Crippen molar-refractivity contribution in [3.05, 3.63) is 47.7 Å². The van der Waals surface area contributed by atoms with Gasteiger partial charge in [-0.25, -0.2) is 24.4 Å². The number of carbonyl (C=O) groups excluding carboxylic acids is 1. The number of nitrogens with zero attached hydrogens (tertiary/aromatic N) is 5. The molecule has 5 heterocycles. The molecule has 3 aromatic rings. The molecule has 0 spiro atoms. The van der Waals surface area contributed by atoms with Crippen LogP contribution in [0.2, 0.25) is 0 Å². The number of hydrogen-bond acceptors (Lipinski definition) is 7. The number of aromatic nitrogens is 4. The van der Waals surface area contributed by atoms with Crippen molar-refractivity contribution < 1.29 is 18.8 Å². The summed E-state index contributed by atoms with van der Waals surface area (Å²) in [6, 6.07) is 3.16. The van der Waals surface area contributed by atoms with Gasteiger partial charge in [0.15, 0.2) is 5.65 Å². The number of hydroxylamine groups is 1. The fraction of sp³-hybridized carbons (Fsp3) is 0.333. The van der Waals surface area contributed by atoms with Gasteiger partial charge in [0.1, 0.15) is 30.4 Å². The maximum Gasteiger partial charge on any atom is 0.280 e. The second-order valence-corrected chi connectivity index (χ2v) is 6.64. The number of fused-ring (bicyclic) bond motifs is 5. The summed E-state index contributed by atoms with van der Waals surface area (Å²) in [6.07, 6.45) is 6.06. The lowest BCUT2D eigenvalue weighted by molar-refractivity contribution is 0.0195. The average Bonchev–Trinajstić information content (AvgIpc) is 3.34. The largest absolute Gasteiger partial charge is 0.475 e. The van der Waals surface area contributed by atoms with E-state index in [4.69, 9.17) is 9.57 Å². The van der Waals surface area contributed by atoms with Gasteiger partial charge in [-0.3, -0.25) is 9.63 Å². The van der Waals surface area contributed by atoms with Crippen LogP contribution in [0.15, 0.2) is 30.7 Å². The Bertz CT molecular complexity index is 1050. The first-order valence-corrected chi connectivity index (χ1v) is 9.02. The topological polar surface area (TPSA) is 93.9 Å². The minimum atomic E-state index is -0.435. The van der Waals surface area contributed by atoms with Crippen LogP contribution in [0.5, 0.6) is 5.88 Å². The van der Waals surface area contributed by atoms with Gasteiger partial charge in [0.2, 0.25) is 5.88 Å². The molecule has 1 saturated heterocycles. The van der Waals surface area contributed by atoms with Gasteiger partial charge in [-0.15, -0.1) is 0 Å². The van der Waals surface area contributed by atoms with Crippen LogP contribution >= 0.6 is 0 Å². The van der Waals surface area contributed by atoms with Crippen LogP contribution in [0.3, 0.4) is 0 Å². The molecule has 10 heteroatoms. The lowest BCUT2D eigenvalue weighted by atomic mass is 10.1. The summed E-state index contributed by atoms with van der Waals surface area (Å²) < 4.78 is 21.2. The molecule has 1 atom stereocenters. The van der Waals surface area contributed by atoms with E-state index in [-0.39, 0.29) is 19.3 Å². The summed E-state index contributed by atoms with van der Waals surface area (Å²) in [4.78, 5) is 28.4. The van der Waals surface area contributed by atoms with Crippen molar-refractivity contribution in [1.29, 1.82) is 0 Å². The second kappa shape index (κ2) is 6.71. The van der Waals surface area contributed by atoms with Gasteiger partial charge in [0, 0.05) is 18.3 Å². The van der Waals surface area contributed by atoms with Crippen LogP contribution in [0.25, 0.3) is 5.65 Å². The van der Waals surface area contributed by atoms with E-state index in [0.29, 0.717) is 28.5 Å². The van der Waals surface area contributed by atoms with Gasteiger partial charge in [0.05, 0.1) is 18.4 Å². The SMILES string of the molecule is O=C1NOCCOc2ncc(F)cc2C2CCCN2c2ccn3ncc1c3n2. The van der Waals surface area contributed by atoms with Crippen molar-refractivity contribution in [3.8, 4) is 5.88 Å². The van der Waals surface area contributed by atoms with Gasteiger partial charge in [-0.05, 0) is 25.0 Å². The summed E-state index contributed by atoms with van der Waals surface area (Å²) in [5.74, 6) is 0.185. The molecule has 0 aromatic carbocycles. The maximum atomic E-state index is 14.0. The molecule has 9 nitrogen and oxygen atoms in total. The number of rotatable bonds is 0. The minimum absolute atomic E-state index is 0.108. The third-order valence-electron chi connectivity index (χ3n) is 4.94. The Morgan fingerprint density at radius 3 is 3.14 bits per heavy atom. The van der Waals surface area contributed by atoms with E-state index in [1.807, 2.05) is 6.07 Å². The molecule has 28 heavy (non-hydrogen) atoms. The summed E-state index contributed by atoms with van der Waals surface area (Å²) >= 11 is 0. The van der Waals surface area contributed by atoms with Crippen LogP contribution in [-0.2, 0) is 4.84 Å². The Morgan fingerprint density at radius 2 is 2.21 bits per heavy atom. The summed E-state index contributed by atoms with van der Waals surface area (Å²) in [6.45, 7) is 1.02. The number of carbonyl (C=O) groups is 1. The maximum absolute atomic E-state index is 14.0. The summed E-state index contributed by atoms with van der Waals surface area (Å²) in [7, 11) is 0. The van der Waals surface area contributed by atoms with Crippen molar-refractivity contribution in [2.24, 2.45) is 0 Å². The molecule has 0 aliphatic carbocycles. The van der Waals surface area contributed by atoms with Gasteiger partial charge >= 0.3 is 0 Å². The van der Waals surface area contributed by atoms with Gasteiger partial charge in [-0.1, -0.05) is 0 Å². The predicted molar refractivity (Wildman–Crippen MR) is 95.4 cm³/mol. The monoisotopic (exact) mass is 384 g/mol. The van der Waals surface area contributed by atoms with Crippen molar-refractivity contribution >= 4 is 17.4 Å². The quantitative estimate of drug-likeness (QED) is 0.630. The van der Waals surface area contributed by atoms with Crippen molar-refractivity contribution in [1.82, 2.24) is 25.1 Å². The van der Waals surface area contributed by atoms with E-state index in [9.17, 15) is 9.18 Å². The fourth-order valence-electron chi connectivity index (χ4n) is 3.70. The van der Waals surface area contributed by atoms with Crippen LogP contribution in [0, 0.1) is 5.82 Å². The number of ether oxygens (including phenoxy) is 1. The number of amides is 1. The molecule has 3 aromatic heterocycles. The lowest BCUT2D eigenvalue weighted by Gasteiger charge is -2.27. The van der Waals surface area contributed by atoms with Gasteiger partial charge < -0.3 is 9.64 Å². The molecule has 0 radical (unpaired) electrons. The first kappa shape index (κ1) is 16.9. The Labute approximate surface area is 159 Å². The Hall–Kier alpha value is -3.27. The molecule has 5 rings (SSSR count). The third kappa shape index (κ3) is 2.82. The molecule has 2 bridgehead atoms. The molecule has 0 saturated carbocycles. The molecule has 1 amide bonds. The lowest BCUT2D eigenvalue weighted by Crippen LogP contribution is -2.28. The van der Waals surface area contributed by atoms with E-state index in [1.54, 1.807) is 6.20 Å². The normalized spacial score (nSPS) is 19.7. The van der Waals surface area contributed by atoms with Crippen LogP contribution in [0.1, 0.15) is 34.8 Å². The second-order valence-electron chi connectivity index (χ2n) is 6.64. The molecule has 144 valence electrons.